The molecule has 0 aliphatic heterocycles. The second-order valence-electron chi connectivity index (χ2n) is 5.98. The Balaban J connectivity index is 2.57. The molecule has 1 aliphatic carbocycles. The molecule has 2 rings (SSSR count). The molecule has 0 aromatic heterocycles. The molecule has 0 saturated heterocycles. The minimum absolute atomic E-state index is 0.379. The number of benzene rings is 1. The van der Waals surface area contributed by atoms with Crippen molar-refractivity contribution in [2.75, 3.05) is 14.2 Å². The van der Waals surface area contributed by atoms with E-state index >= 15 is 0 Å². The van der Waals surface area contributed by atoms with Crippen molar-refractivity contribution >= 4 is 0 Å². The van der Waals surface area contributed by atoms with Gasteiger partial charge in [-0.1, -0.05) is 43.7 Å². The zero-order chi connectivity index (χ0) is 15.7. The van der Waals surface area contributed by atoms with Gasteiger partial charge in [0.2, 0.25) is 0 Å². The Morgan fingerprint density at radius 3 is 2.38 bits per heavy atom. The number of ether oxygens (including phenoxy) is 2. The average molecular weight is 290 g/mol. The summed E-state index contributed by atoms with van der Waals surface area (Å²) in [6.45, 7) is 6.24. The molecule has 0 saturated carbocycles. The summed E-state index contributed by atoms with van der Waals surface area (Å²) < 4.78 is 11.3. The molecule has 3 heteroatoms. The fourth-order valence-corrected chi connectivity index (χ4v) is 3.37. The van der Waals surface area contributed by atoms with Crippen LogP contribution in [0.5, 0.6) is 0 Å². The minimum atomic E-state index is -0.947. The maximum atomic E-state index is 11.1. The molecule has 21 heavy (non-hydrogen) atoms. The standard InChI is InChI=1S/C18H26O3/c1-6-18(20-4,21-5)16-10-8-7-9-15(16)17(19)11-13(2)14(3)12-17/h7-11,14,19H,6,12H2,1-5H3. The van der Waals surface area contributed by atoms with Gasteiger partial charge in [0.05, 0.1) is 0 Å². The molecule has 1 aromatic rings. The van der Waals surface area contributed by atoms with Gasteiger partial charge in [0.1, 0.15) is 5.60 Å². The number of hydrogen-bond acceptors (Lipinski definition) is 3. The van der Waals surface area contributed by atoms with Crippen molar-refractivity contribution in [2.24, 2.45) is 5.92 Å². The Kier molecular flexibility index (Phi) is 4.57. The van der Waals surface area contributed by atoms with E-state index in [1.807, 2.05) is 37.3 Å². The molecule has 0 fully saturated rings. The van der Waals surface area contributed by atoms with E-state index in [-0.39, 0.29) is 0 Å². The summed E-state index contributed by atoms with van der Waals surface area (Å²) in [6, 6.07) is 7.86. The van der Waals surface area contributed by atoms with Gasteiger partial charge >= 0.3 is 0 Å². The summed E-state index contributed by atoms with van der Waals surface area (Å²) in [6.07, 6.45) is 3.34. The molecule has 0 radical (unpaired) electrons. The largest absolute Gasteiger partial charge is 0.381 e. The molecule has 2 unspecified atom stereocenters. The van der Waals surface area contributed by atoms with Gasteiger partial charge in [-0.15, -0.1) is 0 Å². The predicted molar refractivity (Wildman–Crippen MR) is 83.9 cm³/mol. The van der Waals surface area contributed by atoms with Gasteiger partial charge < -0.3 is 14.6 Å². The molecule has 3 nitrogen and oxygen atoms in total. The van der Waals surface area contributed by atoms with Crippen LogP contribution < -0.4 is 0 Å². The second kappa shape index (κ2) is 5.91. The van der Waals surface area contributed by atoms with E-state index in [1.165, 1.54) is 5.57 Å². The molecule has 0 bridgehead atoms. The molecule has 0 heterocycles. The van der Waals surface area contributed by atoms with Crippen molar-refractivity contribution in [1.29, 1.82) is 0 Å². The monoisotopic (exact) mass is 290 g/mol. The Hall–Kier alpha value is -1.16. The van der Waals surface area contributed by atoms with Crippen molar-refractivity contribution in [3.8, 4) is 0 Å². The third kappa shape index (κ3) is 2.66. The molecule has 1 aromatic carbocycles. The highest BCUT2D eigenvalue weighted by Crippen LogP contribution is 2.44. The minimum Gasteiger partial charge on any atom is -0.381 e. The zero-order valence-electron chi connectivity index (χ0n) is 13.6. The summed E-state index contributed by atoms with van der Waals surface area (Å²) in [5.74, 6) is -0.441. The summed E-state index contributed by atoms with van der Waals surface area (Å²) in [5.41, 5.74) is 2.05. The Morgan fingerprint density at radius 2 is 1.90 bits per heavy atom. The van der Waals surface area contributed by atoms with Crippen molar-refractivity contribution in [3.05, 3.63) is 47.0 Å². The van der Waals surface area contributed by atoms with Gasteiger partial charge in [0.15, 0.2) is 5.79 Å². The highest BCUT2D eigenvalue weighted by Gasteiger charge is 2.41. The maximum Gasteiger partial charge on any atom is 0.194 e. The van der Waals surface area contributed by atoms with Crippen LogP contribution in [-0.4, -0.2) is 19.3 Å². The number of hydrogen-bond donors (Lipinski definition) is 1. The van der Waals surface area contributed by atoms with Crippen molar-refractivity contribution in [1.82, 2.24) is 0 Å². The van der Waals surface area contributed by atoms with E-state index in [0.717, 1.165) is 11.1 Å². The molecule has 0 amide bonds. The van der Waals surface area contributed by atoms with Gasteiger partial charge in [-0.2, -0.15) is 0 Å². The molecule has 116 valence electrons. The highest BCUT2D eigenvalue weighted by molar-refractivity contribution is 5.41. The first-order valence-corrected chi connectivity index (χ1v) is 7.54. The molecular formula is C18H26O3. The van der Waals surface area contributed by atoms with Crippen molar-refractivity contribution in [3.63, 3.8) is 0 Å². The van der Waals surface area contributed by atoms with Crippen LogP contribution in [0.2, 0.25) is 0 Å². The number of aliphatic hydroxyl groups is 1. The van der Waals surface area contributed by atoms with Crippen LogP contribution in [0.1, 0.15) is 44.7 Å². The van der Waals surface area contributed by atoms with Gasteiger partial charge in [-0.3, -0.25) is 0 Å². The topological polar surface area (TPSA) is 38.7 Å². The predicted octanol–water partition coefficient (Wildman–Crippen LogP) is 3.72. The highest BCUT2D eigenvalue weighted by atomic mass is 16.7. The van der Waals surface area contributed by atoms with Crippen LogP contribution in [0.25, 0.3) is 0 Å². The number of methoxy groups -OCH3 is 2. The van der Waals surface area contributed by atoms with E-state index in [0.29, 0.717) is 18.8 Å². The Bertz CT molecular complexity index is 523. The quantitative estimate of drug-likeness (QED) is 0.663. The molecule has 2 atom stereocenters. The summed E-state index contributed by atoms with van der Waals surface area (Å²) in [7, 11) is 3.29. The van der Waals surface area contributed by atoms with Crippen molar-refractivity contribution < 1.29 is 14.6 Å². The zero-order valence-corrected chi connectivity index (χ0v) is 13.6. The van der Waals surface area contributed by atoms with E-state index in [9.17, 15) is 5.11 Å². The first-order chi connectivity index (χ1) is 9.92. The van der Waals surface area contributed by atoms with E-state index in [4.69, 9.17) is 9.47 Å². The van der Waals surface area contributed by atoms with Gasteiger partial charge in [-0.25, -0.2) is 0 Å². The fourth-order valence-electron chi connectivity index (χ4n) is 3.37. The van der Waals surface area contributed by atoms with Crippen LogP contribution >= 0.6 is 0 Å². The maximum absolute atomic E-state index is 11.1. The van der Waals surface area contributed by atoms with Gasteiger partial charge in [0, 0.05) is 26.2 Å². The van der Waals surface area contributed by atoms with Gasteiger partial charge in [0.25, 0.3) is 0 Å². The molecular weight excluding hydrogens is 264 g/mol. The van der Waals surface area contributed by atoms with Crippen LogP contribution in [0.3, 0.4) is 0 Å². The smallest absolute Gasteiger partial charge is 0.194 e. The summed E-state index contributed by atoms with van der Waals surface area (Å²) in [4.78, 5) is 0. The normalized spacial score (nSPS) is 26.0. The lowest BCUT2D eigenvalue weighted by molar-refractivity contribution is -0.218. The van der Waals surface area contributed by atoms with Crippen LogP contribution in [0, 0.1) is 5.92 Å². The Morgan fingerprint density at radius 1 is 1.29 bits per heavy atom. The third-order valence-corrected chi connectivity index (χ3v) is 4.79. The Labute approximate surface area is 127 Å². The van der Waals surface area contributed by atoms with Crippen molar-refractivity contribution in [2.45, 2.75) is 45.0 Å². The lowest BCUT2D eigenvalue weighted by Crippen LogP contribution is -2.34. The van der Waals surface area contributed by atoms with Crippen LogP contribution in [0.15, 0.2) is 35.9 Å². The fraction of sp³-hybridized carbons (Fsp3) is 0.556. The SMILES string of the molecule is CCC(OC)(OC)c1ccccc1C1(O)C=C(C)C(C)C1. The molecule has 0 spiro atoms. The number of rotatable bonds is 5. The molecule has 1 aliphatic rings. The number of allylic oxidation sites excluding steroid dienone is 1. The van der Waals surface area contributed by atoms with E-state index in [1.54, 1.807) is 14.2 Å². The molecule has 1 N–H and O–H groups in total. The first kappa shape index (κ1) is 16.2. The average Bonchev–Trinajstić information content (AvgIpc) is 2.76. The van der Waals surface area contributed by atoms with E-state index in [2.05, 4.69) is 13.8 Å². The summed E-state index contributed by atoms with van der Waals surface area (Å²) in [5, 5.41) is 11.1. The first-order valence-electron chi connectivity index (χ1n) is 7.54. The second-order valence-corrected chi connectivity index (χ2v) is 5.98. The van der Waals surface area contributed by atoms with Crippen LogP contribution in [-0.2, 0) is 20.9 Å². The lowest BCUT2D eigenvalue weighted by atomic mass is 9.84. The van der Waals surface area contributed by atoms with E-state index < -0.39 is 11.4 Å². The summed E-state index contributed by atoms with van der Waals surface area (Å²) >= 11 is 0. The van der Waals surface area contributed by atoms with Gasteiger partial charge in [-0.05, 0) is 30.9 Å². The lowest BCUT2D eigenvalue weighted by Gasteiger charge is -2.35. The third-order valence-electron chi connectivity index (χ3n) is 4.79. The van der Waals surface area contributed by atoms with Crippen LogP contribution in [0.4, 0.5) is 0 Å².